The van der Waals surface area contributed by atoms with Gasteiger partial charge in [-0.2, -0.15) is 0 Å². The summed E-state index contributed by atoms with van der Waals surface area (Å²) in [5.41, 5.74) is 1.87. The summed E-state index contributed by atoms with van der Waals surface area (Å²) >= 11 is 1.58. The smallest absolute Gasteiger partial charge is 0.253 e. The van der Waals surface area contributed by atoms with Gasteiger partial charge in [0.05, 0.1) is 33.9 Å². The molecular weight excluding hydrogens is 408 g/mol. The molecule has 1 N–H and O–H groups in total. The molecule has 1 saturated heterocycles. The number of anilines is 2. The number of nitrogens with zero attached hydrogens (tertiary/aromatic N) is 3. The van der Waals surface area contributed by atoms with Gasteiger partial charge >= 0.3 is 0 Å². The first-order valence-corrected chi connectivity index (χ1v) is 12.4. The van der Waals surface area contributed by atoms with Gasteiger partial charge in [-0.15, -0.1) is 11.3 Å². The Morgan fingerprint density at radius 2 is 1.97 bits per heavy atom. The summed E-state index contributed by atoms with van der Waals surface area (Å²) in [7, 11) is -3.21. The third-order valence-corrected chi connectivity index (χ3v) is 9.31. The molecule has 1 amide bonds. The molecule has 154 valence electrons. The average molecular weight is 433 g/mol. The molecule has 1 aliphatic carbocycles. The number of hydrogen-bond acceptors (Lipinski definition) is 6. The van der Waals surface area contributed by atoms with Crippen LogP contribution in [0.1, 0.15) is 36.4 Å². The van der Waals surface area contributed by atoms with Crippen LogP contribution < -0.4 is 10.2 Å². The molecule has 2 aromatic rings. The Morgan fingerprint density at radius 3 is 2.62 bits per heavy atom. The summed E-state index contributed by atoms with van der Waals surface area (Å²) in [5, 5.41) is 6.22. The lowest BCUT2D eigenvalue weighted by Crippen LogP contribution is -2.62. The Labute approximate surface area is 174 Å². The van der Waals surface area contributed by atoms with E-state index in [4.69, 9.17) is 0 Å². The van der Waals surface area contributed by atoms with Crippen LogP contribution in [-0.2, 0) is 21.4 Å². The number of amides is 1. The van der Waals surface area contributed by atoms with Crippen molar-refractivity contribution < 1.29 is 13.2 Å². The number of carbonyl (C=O) groups is 1. The van der Waals surface area contributed by atoms with Gasteiger partial charge in [0.2, 0.25) is 10.0 Å². The molecule has 3 aliphatic rings. The molecular formula is C20H24N4O3S2. The lowest BCUT2D eigenvalue weighted by atomic mass is 9.84. The van der Waals surface area contributed by atoms with Crippen LogP contribution in [0.2, 0.25) is 0 Å². The van der Waals surface area contributed by atoms with E-state index in [1.807, 2.05) is 41.5 Å². The highest BCUT2D eigenvalue weighted by Crippen LogP contribution is 2.42. The van der Waals surface area contributed by atoms with E-state index in [1.54, 1.807) is 15.6 Å². The number of nitrogens with one attached hydrogen (secondary N) is 1. The SMILES string of the molecule is Cc1nc(CN2C(=O)C3(CCN(S(=O)(=O)C4CC4)CC3)Nc3ccccc32)cs1. The molecule has 3 heterocycles. The summed E-state index contributed by atoms with van der Waals surface area (Å²) in [4.78, 5) is 20.0. The summed E-state index contributed by atoms with van der Waals surface area (Å²) < 4.78 is 26.8. The quantitative estimate of drug-likeness (QED) is 0.803. The molecule has 0 unspecified atom stereocenters. The average Bonchev–Trinajstić information content (AvgIpc) is 3.49. The highest BCUT2D eigenvalue weighted by atomic mass is 32.2. The lowest BCUT2D eigenvalue weighted by molar-refractivity contribution is -0.124. The number of piperidine rings is 1. The number of para-hydroxylation sites is 2. The second-order valence-electron chi connectivity index (χ2n) is 8.12. The minimum atomic E-state index is -3.21. The van der Waals surface area contributed by atoms with Gasteiger partial charge in [-0.25, -0.2) is 17.7 Å². The van der Waals surface area contributed by atoms with Gasteiger partial charge in [0.25, 0.3) is 5.91 Å². The predicted molar refractivity (Wildman–Crippen MR) is 114 cm³/mol. The van der Waals surface area contributed by atoms with E-state index < -0.39 is 15.6 Å². The van der Waals surface area contributed by atoms with E-state index in [0.29, 0.717) is 32.5 Å². The zero-order valence-electron chi connectivity index (χ0n) is 16.3. The van der Waals surface area contributed by atoms with Crippen molar-refractivity contribution in [3.8, 4) is 0 Å². The fourth-order valence-corrected chi connectivity index (χ4v) is 6.78. The van der Waals surface area contributed by atoms with Crippen molar-refractivity contribution in [2.45, 2.75) is 49.9 Å². The van der Waals surface area contributed by atoms with E-state index in [1.165, 1.54) is 0 Å². The predicted octanol–water partition coefficient (Wildman–Crippen LogP) is 2.74. The molecule has 0 radical (unpaired) electrons. The summed E-state index contributed by atoms with van der Waals surface area (Å²) in [6.07, 6.45) is 2.46. The van der Waals surface area contributed by atoms with Gasteiger partial charge in [0, 0.05) is 18.5 Å². The number of aromatic nitrogens is 1. The fraction of sp³-hybridized carbons (Fsp3) is 0.500. The van der Waals surface area contributed by atoms with Crippen LogP contribution in [0.4, 0.5) is 11.4 Å². The van der Waals surface area contributed by atoms with Crippen molar-refractivity contribution in [3.63, 3.8) is 0 Å². The molecule has 1 spiro atoms. The first-order chi connectivity index (χ1) is 13.9. The first-order valence-electron chi connectivity index (χ1n) is 9.98. The van der Waals surface area contributed by atoms with E-state index in [-0.39, 0.29) is 11.2 Å². The van der Waals surface area contributed by atoms with Gasteiger partial charge in [-0.3, -0.25) is 4.79 Å². The number of fused-ring (bicyclic) bond motifs is 1. The maximum absolute atomic E-state index is 13.6. The van der Waals surface area contributed by atoms with Crippen LogP contribution in [-0.4, -0.2) is 47.5 Å². The van der Waals surface area contributed by atoms with Gasteiger partial charge in [0.15, 0.2) is 0 Å². The number of aryl methyl sites for hydroxylation is 1. The summed E-state index contributed by atoms with van der Waals surface area (Å²) in [5.74, 6) is 0.00493. The topological polar surface area (TPSA) is 82.6 Å². The Kier molecular flexibility index (Phi) is 4.45. The fourth-order valence-electron chi connectivity index (χ4n) is 4.33. The van der Waals surface area contributed by atoms with Crippen molar-refractivity contribution in [2.24, 2.45) is 0 Å². The van der Waals surface area contributed by atoms with Crippen LogP contribution in [0.5, 0.6) is 0 Å². The largest absolute Gasteiger partial charge is 0.369 e. The Hall–Kier alpha value is -1.97. The number of thiazole rings is 1. The third kappa shape index (κ3) is 3.25. The lowest BCUT2D eigenvalue weighted by Gasteiger charge is -2.47. The van der Waals surface area contributed by atoms with E-state index >= 15 is 0 Å². The Morgan fingerprint density at radius 1 is 1.24 bits per heavy atom. The van der Waals surface area contributed by atoms with E-state index in [9.17, 15) is 13.2 Å². The number of rotatable bonds is 4. The molecule has 0 atom stereocenters. The van der Waals surface area contributed by atoms with Gasteiger partial charge in [0.1, 0.15) is 5.54 Å². The number of carbonyl (C=O) groups excluding carboxylic acids is 1. The number of sulfonamides is 1. The first kappa shape index (κ1) is 19.0. The third-order valence-electron chi connectivity index (χ3n) is 6.09. The van der Waals surface area contributed by atoms with Crippen LogP contribution in [0.25, 0.3) is 0 Å². The van der Waals surface area contributed by atoms with Crippen molar-refractivity contribution in [1.82, 2.24) is 9.29 Å². The van der Waals surface area contributed by atoms with Crippen LogP contribution in [0.3, 0.4) is 0 Å². The number of hydrogen-bond donors (Lipinski definition) is 1. The van der Waals surface area contributed by atoms with Crippen molar-refractivity contribution in [1.29, 1.82) is 0 Å². The zero-order valence-corrected chi connectivity index (χ0v) is 17.9. The maximum Gasteiger partial charge on any atom is 0.253 e. The summed E-state index contributed by atoms with van der Waals surface area (Å²) in [6.45, 7) is 3.14. The molecule has 2 fully saturated rings. The highest BCUT2D eigenvalue weighted by Gasteiger charge is 2.50. The molecule has 2 aliphatic heterocycles. The number of benzene rings is 1. The van der Waals surface area contributed by atoms with Crippen molar-refractivity contribution in [3.05, 3.63) is 40.3 Å². The molecule has 1 aromatic carbocycles. The standard InChI is InChI=1S/C20H24N4O3S2/c1-14-21-15(13-28-14)12-24-18-5-3-2-4-17(18)22-20(19(24)25)8-10-23(11-9-20)29(26,27)16-6-7-16/h2-5,13,16,22H,6-12H2,1H3. The van der Waals surface area contributed by atoms with Gasteiger partial charge in [-0.05, 0) is 44.7 Å². The second kappa shape index (κ2) is 6.78. The van der Waals surface area contributed by atoms with Crippen molar-refractivity contribution in [2.75, 3.05) is 23.3 Å². The zero-order chi connectivity index (χ0) is 20.2. The monoisotopic (exact) mass is 432 g/mol. The Balaban J connectivity index is 1.43. The van der Waals surface area contributed by atoms with Crippen LogP contribution in [0, 0.1) is 6.92 Å². The molecule has 0 bridgehead atoms. The van der Waals surface area contributed by atoms with E-state index in [0.717, 1.165) is 34.9 Å². The normalized spacial score (nSPS) is 21.8. The molecule has 1 aromatic heterocycles. The summed E-state index contributed by atoms with van der Waals surface area (Å²) in [6, 6.07) is 7.80. The maximum atomic E-state index is 13.6. The molecule has 9 heteroatoms. The second-order valence-corrected chi connectivity index (χ2v) is 11.4. The minimum absolute atomic E-state index is 0.00493. The van der Waals surface area contributed by atoms with Gasteiger partial charge < -0.3 is 10.2 Å². The molecule has 29 heavy (non-hydrogen) atoms. The highest BCUT2D eigenvalue weighted by molar-refractivity contribution is 7.90. The molecule has 7 nitrogen and oxygen atoms in total. The Bertz CT molecular complexity index is 1050. The van der Waals surface area contributed by atoms with E-state index in [2.05, 4.69) is 10.3 Å². The molecule has 1 saturated carbocycles. The van der Waals surface area contributed by atoms with Gasteiger partial charge in [-0.1, -0.05) is 12.1 Å². The minimum Gasteiger partial charge on any atom is -0.369 e. The molecule has 5 rings (SSSR count). The van der Waals surface area contributed by atoms with Crippen molar-refractivity contribution >= 4 is 38.6 Å². The van der Waals surface area contributed by atoms with Crippen LogP contribution >= 0.6 is 11.3 Å². The van der Waals surface area contributed by atoms with Crippen LogP contribution in [0.15, 0.2) is 29.6 Å².